The van der Waals surface area contributed by atoms with Gasteiger partial charge in [-0.05, 0) is 49.5 Å². The predicted octanol–water partition coefficient (Wildman–Crippen LogP) is 2.22. The van der Waals surface area contributed by atoms with Crippen LogP contribution in [0.2, 0.25) is 0 Å². The number of urea groups is 1. The Morgan fingerprint density at radius 1 is 1.14 bits per heavy atom. The number of rotatable bonds is 6. The lowest BCUT2D eigenvalue weighted by atomic mass is 9.94. The van der Waals surface area contributed by atoms with Crippen LogP contribution in [0.15, 0.2) is 29.5 Å². The first kappa shape index (κ1) is 21.0. The second kappa shape index (κ2) is 9.17. The second-order valence-corrected chi connectivity index (χ2v) is 7.49. The summed E-state index contributed by atoms with van der Waals surface area (Å²) < 4.78 is 15.7. The highest BCUT2D eigenvalue weighted by Gasteiger charge is 2.34. The number of benzene rings is 1. The van der Waals surface area contributed by atoms with E-state index in [-0.39, 0.29) is 6.03 Å². The van der Waals surface area contributed by atoms with E-state index in [0.717, 1.165) is 25.9 Å². The first-order valence-electron chi connectivity index (χ1n) is 9.80. The lowest BCUT2D eigenvalue weighted by molar-refractivity contribution is -0.136. The molecular formula is C21H29N3O5. The summed E-state index contributed by atoms with van der Waals surface area (Å²) in [7, 11) is 4.45. The Bertz CT molecular complexity index is 800. The monoisotopic (exact) mass is 403 g/mol. The van der Waals surface area contributed by atoms with Crippen LogP contribution in [0.5, 0.6) is 11.5 Å². The van der Waals surface area contributed by atoms with Crippen molar-refractivity contribution in [2.45, 2.75) is 25.8 Å². The Morgan fingerprint density at radius 3 is 2.45 bits per heavy atom. The minimum absolute atomic E-state index is 0.349. The quantitative estimate of drug-likeness (QED) is 0.708. The van der Waals surface area contributed by atoms with Crippen molar-refractivity contribution in [2.75, 3.05) is 41.0 Å². The summed E-state index contributed by atoms with van der Waals surface area (Å²) >= 11 is 0. The number of carbonyl (C=O) groups excluding carboxylic acids is 2. The molecule has 2 N–H and O–H groups in total. The van der Waals surface area contributed by atoms with E-state index in [1.807, 2.05) is 0 Å². The van der Waals surface area contributed by atoms with E-state index in [1.54, 1.807) is 32.4 Å². The Kier molecular flexibility index (Phi) is 6.64. The molecule has 1 fully saturated rings. The fourth-order valence-electron chi connectivity index (χ4n) is 3.82. The van der Waals surface area contributed by atoms with Gasteiger partial charge < -0.3 is 24.8 Å². The van der Waals surface area contributed by atoms with Crippen LogP contribution in [0.1, 0.15) is 31.4 Å². The van der Waals surface area contributed by atoms with Gasteiger partial charge in [0.15, 0.2) is 11.5 Å². The number of esters is 1. The van der Waals surface area contributed by atoms with Gasteiger partial charge in [0.25, 0.3) is 0 Å². The fraction of sp³-hybridized carbons (Fsp3) is 0.524. The van der Waals surface area contributed by atoms with Crippen molar-refractivity contribution >= 4 is 12.0 Å². The maximum absolute atomic E-state index is 12.7. The van der Waals surface area contributed by atoms with Gasteiger partial charge in [-0.3, -0.25) is 4.90 Å². The third kappa shape index (κ3) is 4.64. The number of carbonyl (C=O) groups is 2. The number of hydrogen-bond donors (Lipinski definition) is 2. The lowest BCUT2D eigenvalue weighted by Gasteiger charge is -2.34. The zero-order valence-electron chi connectivity index (χ0n) is 17.4. The summed E-state index contributed by atoms with van der Waals surface area (Å²) in [4.78, 5) is 27.4. The number of hydrogen-bond acceptors (Lipinski definition) is 6. The van der Waals surface area contributed by atoms with E-state index in [2.05, 4.69) is 22.5 Å². The third-order valence-corrected chi connectivity index (χ3v) is 5.56. The molecule has 0 spiro atoms. The lowest BCUT2D eigenvalue weighted by Crippen LogP contribution is -2.49. The molecule has 29 heavy (non-hydrogen) atoms. The van der Waals surface area contributed by atoms with Crippen molar-refractivity contribution in [1.29, 1.82) is 0 Å². The average Bonchev–Trinajstić information content (AvgIpc) is 2.74. The van der Waals surface area contributed by atoms with Crippen LogP contribution < -0.4 is 20.1 Å². The van der Waals surface area contributed by atoms with E-state index in [9.17, 15) is 9.59 Å². The van der Waals surface area contributed by atoms with E-state index in [1.165, 1.54) is 7.11 Å². The molecule has 1 atom stereocenters. The van der Waals surface area contributed by atoms with Crippen molar-refractivity contribution in [3.8, 4) is 11.5 Å². The van der Waals surface area contributed by atoms with Gasteiger partial charge in [0.05, 0.1) is 32.9 Å². The van der Waals surface area contributed by atoms with Gasteiger partial charge in [-0.2, -0.15) is 0 Å². The van der Waals surface area contributed by atoms with Gasteiger partial charge >= 0.3 is 12.0 Å². The number of methoxy groups -OCH3 is 3. The van der Waals surface area contributed by atoms with Gasteiger partial charge in [-0.1, -0.05) is 13.0 Å². The largest absolute Gasteiger partial charge is 0.493 e. The zero-order chi connectivity index (χ0) is 21.0. The molecule has 2 aliphatic rings. The highest BCUT2D eigenvalue weighted by Crippen LogP contribution is 2.34. The SMILES string of the molecule is COC(=O)C1=C(CN2CCC(C)CC2)NC(=O)N[C@@H]1c1ccc(OC)c(OC)c1. The molecule has 0 radical (unpaired) electrons. The van der Waals surface area contributed by atoms with Crippen molar-refractivity contribution in [3.63, 3.8) is 0 Å². The predicted molar refractivity (Wildman–Crippen MR) is 108 cm³/mol. The molecule has 0 aromatic heterocycles. The minimum atomic E-state index is -0.644. The smallest absolute Gasteiger partial charge is 0.338 e. The number of amides is 2. The first-order valence-corrected chi connectivity index (χ1v) is 9.80. The average molecular weight is 403 g/mol. The molecule has 0 saturated carbocycles. The standard InChI is InChI=1S/C21H29N3O5/c1-13-7-9-24(10-8-13)12-15-18(20(25)29-4)19(23-21(26)22-15)14-5-6-16(27-2)17(11-14)28-3/h5-6,11,13,19H,7-10,12H2,1-4H3,(H2,22,23,26)/t19-/m1/s1. The molecule has 2 heterocycles. The van der Waals surface area contributed by atoms with E-state index in [4.69, 9.17) is 14.2 Å². The molecule has 0 bridgehead atoms. The van der Waals surface area contributed by atoms with Gasteiger partial charge in [-0.15, -0.1) is 0 Å². The van der Waals surface area contributed by atoms with E-state index < -0.39 is 12.0 Å². The highest BCUT2D eigenvalue weighted by atomic mass is 16.5. The van der Waals surface area contributed by atoms with Crippen LogP contribution in [-0.2, 0) is 9.53 Å². The van der Waals surface area contributed by atoms with Gasteiger partial charge in [-0.25, -0.2) is 9.59 Å². The maximum atomic E-state index is 12.7. The fourth-order valence-corrected chi connectivity index (χ4v) is 3.82. The minimum Gasteiger partial charge on any atom is -0.493 e. The molecule has 3 rings (SSSR count). The summed E-state index contributed by atoms with van der Waals surface area (Å²) in [5.74, 6) is 1.32. The summed E-state index contributed by atoms with van der Waals surface area (Å²) in [5, 5.41) is 5.66. The molecule has 1 saturated heterocycles. The van der Waals surface area contributed by atoms with Crippen molar-refractivity contribution < 1.29 is 23.8 Å². The summed E-state index contributed by atoms with van der Waals surface area (Å²) in [5.41, 5.74) is 1.69. The number of nitrogens with one attached hydrogen (secondary N) is 2. The first-order chi connectivity index (χ1) is 14.0. The van der Waals surface area contributed by atoms with Crippen LogP contribution >= 0.6 is 0 Å². The van der Waals surface area contributed by atoms with Crippen LogP contribution in [0.3, 0.4) is 0 Å². The number of ether oxygens (including phenoxy) is 3. The van der Waals surface area contributed by atoms with Crippen molar-refractivity contribution in [1.82, 2.24) is 15.5 Å². The summed E-state index contributed by atoms with van der Waals surface area (Å²) in [6.45, 7) is 4.61. The van der Waals surface area contributed by atoms with Gasteiger partial charge in [0, 0.05) is 12.2 Å². The Hall–Kier alpha value is -2.74. The highest BCUT2D eigenvalue weighted by molar-refractivity contribution is 5.95. The van der Waals surface area contributed by atoms with Crippen LogP contribution in [-0.4, -0.2) is 57.9 Å². The summed E-state index contributed by atoms with van der Waals surface area (Å²) in [6, 6.07) is 4.33. The zero-order valence-corrected chi connectivity index (χ0v) is 17.4. The number of likely N-dealkylation sites (tertiary alicyclic amines) is 1. The molecule has 1 aromatic rings. The Labute approximate surface area is 171 Å². The normalized spacial score (nSPS) is 20.7. The van der Waals surface area contributed by atoms with Crippen LogP contribution in [0, 0.1) is 5.92 Å². The molecular weight excluding hydrogens is 374 g/mol. The molecule has 8 nitrogen and oxygen atoms in total. The molecule has 0 unspecified atom stereocenters. The van der Waals surface area contributed by atoms with Gasteiger partial charge in [0.1, 0.15) is 0 Å². The third-order valence-electron chi connectivity index (χ3n) is 5.56. The molecule has 158 valence electrons. The van der Waals surface area contributed by atoms with Crippen LogP contribution in [0.4, 0.5) is 4.79 Å². The Morgan fingerprint density at radius 2 is 1.83 bits per heavy atom. The molecule has 1 aromatic carbocycles. The Balaban J connectivity index is 1.98. The van der Waals surface area contributed by atoms with Crippen molar-refractivity contribution in [3.05, 3.63) is 35.0 Å². The summed E-state index contributed by atoms with van der Waals surface area (Å²) in [6.07, 6.45) is 2.21. The molecule has 2 amide bonds. The molecule has 8 heteroatoms. The number of nitrogens with zero attached hydrogens (tertiary/aromatic N) is 1. The van der Waals surface area contributed by atoms with Crippen molar-refractivity contribution in [2.24, 2.45) is 5.92 Å². The van der Waals surface area contributed by atoms with Crippen LogP contribution in [0.25, 0.3) is 0 Å². The number of piperidine rings is 1. The maximum Gasteiger partial charge on any atom is 0.338 e. The van der Waals surface area contributed by atoms with E-state index in [0.29, 0.717) is 40.8 Å². The topological polar surface area (TPSA) is 89.1 Å². The second-order valence-electron chi connectivity index (χ2n) is 7.49. The van der Waals surface area contributed by atoms with Gasteiger partial charge in [0.2, 0.25) is 0 Å². The molecule has 0 aliphatic carbocycles. The van der Waals surface area contributed by atoms with E-state index >= 15 is 0 Å². The molecule has 2 aliphatic heterocycles.